The predicted molar refractivity (Wildman–Crippen MR) is 65.3 cm³/mol. The van der Waals surface area contributed by atoms with E-state index in [0.29, 0.717) is 24.6 Å². The maximum atomic E-state index is 13.8. The summed E-state index contributed by atoms with van der Waals surface area (Å²) in [5.74, 6) is 0.224. The van der Waals surface area contributed by atoms with Crippen LogP contribution in [0.3, 0.4) is 0 Å². The molecule has 0 amide bonds. The quantitative estimate of drug-likeness (QED) is 0.766. The van der Waals surface area contributed by atoms with Crippen molar-refractivity contribution in [2.45, 2.75) is 33.1 Å². The second kappa shape index (κ2) is 7.17. The van der Waals surface area contributed by atoms with Crippen LogP contribution in [0.2, 0.25) is 0 Å². The van der Waals surface area contributed by atoms with Crippen LogP contribution in [0, 0.1) is 11.7 Å². The van der Waals surface area contributed by atoms with E-state index in [0.717, 1.165) is 12.8 Å². The molecular weight excluding hydrogens is 221 g/mol. The van der Waals surface area contributed by atoms with Crippen molar-refractivity contribution in [1.29, 1.82) is 0 Å². The molecule has 0 saturated carbocycles. The van der Waals surface area contributed by atoms with Gasteiger partial charge in [0.05, 0.1) is 5.69 Å². The van der Waals surface area contributed by atoms with Crippen LogP contribution < -0.4 is 5.32 Å². The lowest BCUT2D eigenvalue weighted by Gasteiger charge is -2.15. The van der Waals surface area contributed by atoms with Gasteiger partial charge in [-0.1, -0.05) is 20.3 Å². The van der Waals surface area contributed by atoms with Gasteiger partial charge in [0, 0.05) is 13.2 Å². The third kappa shape index (κ3) is 3.93. The van der Waals surface area contributed by atoms with E-state index in [-0.39, 0.29) is 18.2 Å². The van der Waals surface area contributed by atoms with Crippen molar-refractivity contribution in [3.05, 3.63) is 17.8 Å². The molecule has 0 aliphatic rings. The Bertz CT molecular complexity index is 347. The van der Waals surface area contributed by atoms with E-state index in [1.54, 1.807) is 0 Å². The highest BCUT2D eigenvalue weighted by Crippen LogP contribution is 2.15. The van der Waals surface area contributed by atoms with E-state index in [4.69, 9.17) is 5.11 Å². The maximum Gasteiger partial charge on any atom is 0.186 e. The molecule has 0 aromatic carbocycles. The van der Waals surface area contributed by atoms with E-state index < -0.39 is 0 Å². The average molecular weight is 241 g/mol. The van der Waals surface area contributed by atoms with E-state index in [1.807, 2.05) is 6.92 Å². The Labute approximate surface area is 101 Å². The highest BCUT2D eigenvalue weighted by molar-refractivity contribution is 5.37. The molecule has 1 rings (SSSR count). The van der Waals surface area contributed by atoms with Crippen molar-refractivity contribution in [3.63, 3.8) is 0 Å². The molecule has 0 aliphatic heterocycles. The third-order valence-corrected chi connectivity index (χ3v) is 2.87. The largest absolute Gasteiger partial charge is 0.396 e. The first-order valence-electron chi connectivity index (χ1n) is 6.06. The zero-order valence-electron chi connectivity index (χ0n) is 10.4. The highest BCUT2D eigenvalue weighted by Gasteiger charge is 2.11. The number of hydrogen-bond acceptors (Lipinski definition) is 4. The fourth-order valence-corrected chi connectivity index (χ4v) is 1.65. The first-order chi connectivity index (χ1) is 8.22. The first-order valence-corrected chi connectivity index (χ1v) is 6.06. The van der Waals surface area contributed by atoms with Gasteiger partial charge in [-0.15, -0.1) is 0 Å². The smallest absolute Gasteiger partial charge is 0.186 e. The van der Waals surface area contributed by atoms with Crippen molar-refractivity contribution in [2.24, 2.45) is 5.92 Å². The number of aliphatic hydroxyl groups is 1. The molecule has 0 spiro atoms. The van der Waals surface area contributed by atoms with Crippen LogP contribution in [0.5, 0.6) is 0 Å². The van der Waals surface area contributed by atoms with E-state index in [9.17, 15) is 4.39 Å². The number of rotatable bonds is 7. The van der Waals surface area contributed by atoms with Gasteiger partial charge in [-0.05, 0) is 18.8 Å². The number of aryl methyl sites for hydroxylation is 1. The van der Waals surface area contributed by atoms with Crippen LogP contribution in [0.1, 0.15) is 32.4 Å². The Hall–Kier alpha value is -1.23. The summed E-state index contributed by atoms with van der Waals surface area (Å²) >= 11 is 0. The van der Waals surface area contributed by atoms with Crippen LogP contribution >= 0.6 is 0 Å². The molecule has 5 heteroatoms. The number of aromatic nitrogens is 2. The van der Waals surface area contributed by atoms with Gasteiger partial charge in [0.15, 0.2) is 11.6 Å². The Morgan fingerprint density at radius 2 is 2.18 bits per heavy atom. The number of halogens is 1. The minimum absolute atomic E-state index is 0.159. The summed E-state index contributed by atoms with van der Waals surface area (Å²) < 4.78 is 13.8. The van der Waals surface area contributed by atoms with Gasteiger partial charge in [-0.3, -0.25) is 0 Å². The van der Waals surface area contributed by atoms with Crippen molar-refractivity contribution in [3.8, 4) is 0 Å². The highest BCUT2D eigenvalue weighted by atomic mass is 19.1. The van der Waals surface area contributed by atoms with E-state index >= 15 is 0 Å². The SMILES string of the molecule is CCc1ncnc(NCC(CC)CCO)c1F. The molecule has 0 radical (unpaired) electrons. The lowest BCUT2D eigenvalue weighted by molar-refractivity contribution is 0.258. The van der Waals surface area contributed by atoms with Crippen LogP contribution in [0.25, 0.3) is 0 Å². The van der Waals surface area contributed by atoms with Gasteiger partial charge in [0.25, 0.3) is 0 Å². The number of nitrogens with one attached hydrogen (secondary N) is 1. The van der Waals surface area contributed by atoms with Gasteiger partial charge in [-0.2, -0.15) is 0 Å². The van der Waals surface area contributed by atoms with Gasteiger partial charge in [-0.25, -0.2) is 14.4 Å². The molecule has 96 valence electrons. The van der Waals surface area contributed by atoms with E-state index in [2.05, 4.69) is 22.2 Å². The average Bonchev–Trinajstić information content (AvgIpc) is 2.36. The second-order valence-electron chi connectivity index (χ2n) is 4.00. The number of nitrogens with zero attached hydrogens (tertiary/aromatic N) is 2. The van der Waals surface area contributed by atoms with Gasteiger partial charge in [0.1, 0.15) is 6.33 Å². The fraction of sp³-hybridized carbons (Fsp3) is 0.667. The van der Waals surface area contributed by atoms with Gasteiger partial charge in [0.2, 0.25) is 0 Å². The fourth-order valence-electron chi connectivity index (χ4n) is 1.65. The monoisotopic (exact) mass is 241 g/mol. The molecule has 1 atom stereocenters. The predicted octanol–water partition coefficient (Wildman–Crippen LogP) is 2.00. The summed E-state index contributed by atoms with van der Waals surface area (Å²) in [4.78, 5) is 7.77. The molecule has 1 aromatic rings. The topological polar surface area (TPSA) is 58.0 Å². The van der Waals surface area contributed by atoms with Crippen LogP contribution in [-0.2, 0) is 6.42 Å². The summed E-state index contributed by atoms with van der Waals surface area (Å²) in [5, 5.41) is 11.9. The molecule has 17 heavy (non-hydrogen) atoms. The maximum absolute atomic E-state index is 13.8. The van der Waals surface area contributed by atoms with Gasteiger partial charge < -0.3 is 10.4 Å². The molecule has 0 fully saturated rings. The van der Waals surface area contributed by atoms with Crippen molar-refractivity contribution in [2.75, 3.05) is 18.5 Å². The zero-order valence-corrected chi connectivity index (χ0v) is 10.4. The molecule has 1 heterocycles. The molecule has 2 N–H and O–H groups in total. The van der Waals surface area contributed by atoms with Crippen LogP contribution in [0.4, 0.5) is 10.2 Å². The zero-order chi connectivity index (χ0) is 12.7. The second-order valence-corrected chi connectivity index (χ2v) is 4.00. The molecule has 0 aliphatic carbocycles. The Morgan fingerprint density at radius 1 is 1.41 bits per heavy atom. The number of hydrogen-bond donors (Lipinski definition) is 2. The molecule has 1 unspecified atom stereocenters. The van der Waals surface area contributed by atoms with Crippen LogP contribution in [0.15, 0.2) is 6.33 Å². The van der Waals surface area contributed by atoms with Crippen LogP contribution in [-0.4, -0.2) is 28.2 Å². The van der Waals surface area contributed by atoms with Crippen molar-refractivity contribution >= 4 is 5.82 Å². The Balaban J connectivity index is 2.62. The minimum Gasteiger partial charge on any atom is -0.396 e. The van der Waals surface area contributed by atoms with E-state index in [1.165, 1.54) is 6.33 Å². The summed E-state index contributed by atoms with van der Waals surface area (Å²) in [6.45, 7) is 4.69. The Kier molecular flexibility index (Phi) is 5.83. The third-order valence-electron chi connectivity index (χ3n) is 2.87. The summed E-state index contributed by atoms with van der Waals surface area (Å²) in [6, 6.07) is 0. The standard InChI is InChI=1S/C12H20FN3O/c1-3-9(5-6-17)7-14-12-11(13)10(4-2)15-8-16-12/h8-9,17H,3-7H2,1-2H3,(H,14,15,16). The van der Waals surface area contributed by atoms with Gasteiger partial charge >= 0.3 is 0 Å². The Morgan fingerprint density at radius 3 is 2.76 bits per heavy atom. The molecule has 0 saturated heterocycles. The molecular formula is C12H20FN3O. The van der Waals surface area contributed by atoms with Crippen molar-refractivity contribution < 1.29 is 9.50 Å². The number of anilines is 1. The number of aliphatic hydroxyl groups excluding tert-OH is 1. The molecule has 1 aromatic heterocycles. The lowest BCUT2D eigenvalue weighted by atomic mass is 10.0. The normalized spacial score (nSPS) is 12.5. The molecule has 4 nitrogen and oxygen atoms in total. The summed E-state index contributed by atoms with van der Waals surface area (Å²) in [7, 11) is 0. The molecule has 0 bridgehead atoms. The summed E-state index contributed by atoms with van der Waals surface area (Å²) in [5.41, 5.74) is 0.428. The minimum atomic E-state index is -0.367. The lowest BCUT2D eigenvalue weighted by Crippen LogP contribution is -2.17. The van der Waals surface area contributed by atoms with Crippen molar-refractivity contribution in [1.82, 2.24) is 9.97 Å². The first kappa shape index (κ1) is 13.8. The summed E-state index contributed by atoms with van der Waals surface area (Å²) in [6.07, 6.45) is 3.59.